The van der Waals surface area contributed by atoms with Gasteiger partial charge >= 0.3 is 0 Å². The summed E-state index contributed by atoms with van der Waals surface area (Å²) in [5.74, 6) is 0.610. The van der Waals surface area contributed by atoms with Gasteiger partial charge in [-0.1, -0.05) is 115 Å². The van der Waals surface area contributed by atoms with E-state index >= 15 is 0 Å². The largest absolute Gasteiger partial charge is 0.487 e. The van der Waals surface area contributed by atoms with Gasteiger partial charge in [-0.05, 0) is 85.3 Å². The molecule has 7 aromatic rings. The van der Waals surface area contributed by atoms with Crippen LogP contribution in [0.25, 0.3) is 54.9 Å². The fourth-order valence-electron chi connectivity index (χ4n) is 5.77. The minimum atomic E-state index is 0.374. The van der Waals surface area contributed by atoms with Gasteiger partial charge in [-0.3, -0.25) is 0 Å². The Hall–Kier alpha value is -5.85. The number of nitrogen functional groups attached to an aromatic ring is 1. The maximum Gasteiger partial charge on any atom is 0.143 e. The Kier molecular flexibility index (Phi) is 6.79. The van der Waals surface area contributed by atoms with E-state index in [9.17, 15) is 5.26 Å². The minimum absolute atomic E-state index is 0.374. The van der Waals surface area contributed by atoms with Crippen molar-refractivity contribution in [3.05, 3.63) is 157 Å². The highest BCUT2D eigenvalue weighted by Crippen LogP contribution is 2.42. The molecular formula is C40H28N2O. The van der Waals surface area contributed by atoms with E-state index in [0.717, 1.165) is 38.8 Å². The lowest BCUT2D eigenvalue weighted by atomic mass is 9.90. The normalized spacial score (nSPS) is 11.0. The SMILES string of the molecule is N#Cc1cccc(-c2cc(-c3cc4ccccc4c4ccccc34)cc(OCc3ccc(-c4ccccc4)cc3)c2N)c1. The third-order valence-electron chi connectivity index (χ3n) is 7.98. The average Bonchev–Trinajstić information content (AvgIpc) is 3.08. The van der Waals surface area contributed by atoms with Crippen molar-refractivity contribution in [1.82, 2.24) is 0 Å². The minimum Gasteiger partial charge on any atom is -0.487 e. The second kappa shape index (κ2) is 11.2. The van der Waals surface area contributed by atoms with Gasteiger partial charge in [-0.15, -0.1) is 0 Å². The lowest BCUT2D eigenvalue weighted by molar-refractivity contribution is 0.308. The molecule has 3 nitrogen and oxygen atoms in total. The molecule has 2 N–H and O–H groups in total. The number of rotatable bonds is 6. The quantitative estimate of drug-likeness (QED) is 0.165. The maximum absolute atomic E-state index is 9.58. The lowest BCUT2D eigenvalue weighted by Crippen LogP contribution is -2.01. The van der Waals surface area contributed by atoms with Crippen molar-refractivity contribution in [1.29, 1.82) is 5.26 Å². The molecule has 0 saturated carbocycles. The van der Waals surface area contributed by atoms with Crippen LogP contribution < -0.4 is 10.5 Å². The van der Waals surface area contributed by atoms with E-state index in [4.69, 9.17) is 10.5 Å². The summed E-state index contributed by atoms with van der Waals surface area (Å²) in [4.78, 5) is 0. The molecule has 0 atom stereocenters. The number of nitrogens with zero attached hydrogens (tertiary/aromatic N) is 1. The number of nitrogens with two attached hydrogens (primary N) is 1. The topological polar surface area (TPSA) is 59.0 Å². The molecule has 0 aliphatic rings. The second-order valence-corrected chi connectivity index (χ2v) is 10.7. The van der Waals surface area contributed by atoms with Crippen LogP contribution in [0.15, 0.2) is 146 Å². The highest BCUT2D eigenvalue weighted by Gasteiger charge is 2.16. The van der Waals surface area contributed by atoms with Crippen LogP contribution >= 0.6 is 0 Å². The Bertz CT molecular complexity index is 2140. The molecule has 7 aromatic carbocycles. The standard InChI is InChI=1S/C40H28N2O/c41-25-28-9-8-13-31(21-28)38-23-33(37-22-32-12-4-5-14-34(32)35-15-6-7-16-36(35)37)24-39(40(38)42)43-26-27-17-19-30(20-18-27)29-10-2-1-3-11-29/h1-24H,26,42H2. The van der Waals surface area contributed by atoms with Crippen molar-refractivity contribution < 1.29 is 4.74 Å². The number of ether oxygens (including phenoxy) is 1. The van der Waals surface area contributed by atoms with Crippen molar-refractivity contribution in [3.8, 4) is 45.2 Å². The Morgan fingerprint density at radius 3 is 2.00 bits per heavy atom. The van der Waals surface area contributed by atoms with E-state index < -0.39 is 0 Å². The summed E-state index contributed by atoms with van der Waals surface area (Å²) in [6.07, 6.45) is 0. The van der Waals surface area contributed by atoms with Gasteiger partial charge in [0.15, 0.2) is 0 Å². The summed E-state index contributed by atoms with van der Waals surface area (Å²) in [6.45, 7) is 0.374. The molecule has 0 amide bonds. The molecule has 0 radical (unpaired) electrons. The van der Waals surface area contributed by atoms with Gasteiger partial charge in [-0.25, -0.2) is 0 Å². The maximum atomic E-state index is 9.58. The summed E-state index contributed by atoms with van der Waals surface area (Å²) in [7, 11) is 0. The van der Waals surface area contributed by atoms with E-state index in [2.05, 4.69) is 103 Å². The Morgan fingerprint density at radius 2 is 1.21 bits per heavy atom. The second-order valence-electron chi connectivity index (χ2n) is 10.7. The first-order valence-electron chi connectivity index (χ1n) is 14.3. The van der Waals surface area contributed by atoms with Gasteiger partial charge in [-0.2, -0.15) is 5.26 Å². The highest BCUT2D eigenvalue weighted by molar-refractivity contribution is 6.14. The van der Waals surface area contributed by atoms with E-state index in [1.807, 2.05) is 42.5 Å². The van der Waals surface area contributed by atoms with Gasteiger partial charge < -0.3 is 10.5 Å². The number of nitriles is 1. The third-order valence-corrected chi connectivity index (χ3v) is 7.98. The molecular weight excluding hydrogens is 524 g/mol. The highest BCUT2D eigenvalue weighted by atomic mass is 16.5. The lowest BCUT2D eigenvalue weighted by Gasteiger charge is -2.18. The molecule has 0 aliphatic heterocycles. The zero-order chi connectivity index (χ0) is 29.2. The van der Waals surface area contributed by atoms with Crippen LogP contribution in [0, 0.1) is 11.3 Å². The van der Waals surface area contributed by atoms with E-state index in [1.54, 1.807) is 6.07 Å². The summed E-state index contributed by atoms with van der Waals surface area (Å²) in [6, 6.07) is 51.9. The zero-order valence-corrected chi connectivity index (χ0v) is 23.5. The summed E-state index contributed by atoms with van der Waals surface area (Å²) < 4.78 is 6.46. The smallest absolute Gasteiger partial charge is 0.143 e. The van der Waals surface area contributed by atoms with Crippen molar-refractivity contribution in [2.75, 3.05) is 5.73 Å². The van der Waals surface area contributed by atoms with E-state index in [1.165, 1.54) is 21.7 Å². The molecule has 0 unspecified atom stereocenters. The fraction of sp³-hybridized carbons (Fsp3) is 0.0250. The Balaban J connectivity index is 1.34. The number of anilines is 1. The number of hydrogen-bond acceptors (Lipinski definition) is 3. The summed E-state index contributed by atoms with van der Waals surface area (Å²) >= 11 is 0. The monoisotopic (exact) mass is 552 g/mol. The molecule has 43 heavy (non-hydrogen) atoms. The molecule has 204 valence electrons. The van der Waals surface area contributed by atoms with Crippen LogP contribution in [0.4, 0.5) is 5.69 Å². The van der Waals surface area contributed by atoms with Crippen LogP contribution in [-0.4, -0.2) is 0 Å². The third kappa shape index (κ3) is 5.07. The molecule has 0 bridgehead atoms. The average molecular weight is 553 g/mol. The predicted octanol–water partition coefficient (Wildman–Crippen LogP) is 10.0. The fourth-order valence-corrected chi connectivity index (χ4v) is 5.77. The first kappa shape index (κ1) is 26.1. The van der Waals surface area contributed by atoms with Crippen LogP contribution in [0.3, 0.4) is 0 Å². The molecule has 7 rings (SSSR count). The molecule has 0 heterocycles. The van der Waals surface area contributed by atoms with Gasteiger partial charge in [0.2, 0.25) is 0 Å². The zero-order valence-electron chi connectivity index (χ0n) is 23.5. The van der Waals surface area contributed by atoms with Gasteiger partial charge in [0.25, 0.3) is 0 Å². The van der Waals surface area contributed by atoms with Crippen molar-refractivity contribution >= 4 is 27.2 Å². The summed E-state index contributed by atoms with van der Waals surface area (Å²) in [5, 5.41) is 14.3. The Labute approximate surface area is 251 Å². The Morgan fingerprint density at radius 1 is 0.535 bits per heavy atom. The number of fused-ring (bicyclic) bond motifs is 3. The summed E-state index contributed by atoms with van der Waals surface area (Å²) in [5.41, 5.74) is 15.1. The first-order valence-corrected chi connectivity index (χ1v) is 14.3. The molecule has 0 spiro atoms. The number of hydrogen-bond donors (Lipinski definition) is 1. The van der Waals surface area contributed by atoms with Crippen LogP contribution in [0.1, 0.15) is 11.1 Å². The van der Waals surface area contributed by atoms with Crippen LogP contribution in [-0.2, 0) is 6.61 Å². The first-order chi connectivity index (χ1) is 21.2. The van der Waals surface area contributed by atoms with Gasteiger partial charge in [0.05, 0.1) is 17.3 Å². The van der Waals surface area contributed by atoms with Crippen LogP contribution in [0.2, 0.25) is 0 Å². The molecule has 0 aliphatic carbocycles. The van der Waals surface area contributed by atoms with Crippen molar-refractivity contribution in [3.63, 3.8) is 0 Å². The van der Waals surface area contributed by atoms with Gasteiger partial charge in [0, 0.05) is 5.56 Å². The van der Waals surface area contributed by atoms with E-state index in [-0.39, 0.29) is 0 Å². The van der Waals surface area contributed by atoms with Crippen LogP contribution in [0.5, 0.6) is 5.75 Å². The van der Waals surface area contributed by atoms with Crippen molar-refractivity contribution in [2.45, 2.75) is 6.61 Å². The van der Waals surface area contributed by atoms with Crippen molar-refractivity contribution in [2.24, 2.45) is 0 Å². The molecule has 0 aromatic heterocycles. The predicted molar refractivity (Wildman–Crippen MR) is 178 cm³/mol. The molecule has 0 fully saturated rings. The molecule has 3 heteroatoms. The molecule has 0 saturated heterocycles. The van der Waals surface area contributed by atoms with E-state index in [0.29, 0.717) is 23.6 Å². The van der Waals surface area contributed by atoms with Gasteiger partial charge in [0.1, 0.15) is 12.4 Å². The number of benzene rings is 7.